The van der Waals surface area contributed by atoms with E-state index >= 15 is 0 Å². The van der Waals surface area contributed by atoms with Crippen molar-refractivity contribution in [2.75, 3.05) is 25.0 Å². The van der Waals surface area contributed by atoms with Crippen molar-refractivity contribution in [3.8, 4) is 5.95 Å². The molecule has 0 atom stereocenters. The maximum atomic E-state index is 4.63. The molecule has 0 aliphatic heterocycles. The molecule has 3 rings (SSSR count). The predicted octanol–water partition coefficient (Wildman–Crippen LogP) is 1.98. The number of aryl methyl sites for hydroxylation is 1. The van der Waals surface area contributed by atoms with Gasteiger partial charge >= 0.3 is 0 Å². The molecule has 0 fully saturated rings. The minimum atomic E-state index is 0.646. The van der Waals surface area contributed by atoms with Gasteiger partial charge in [0.15, 0.2) is 0 Å². The number of aromatic nitrogens is 5. The van der Waals surface area contributed by atoms with Gasteiger partial charge in [0.05, 0.1) is 5.69 Å². The van der Waals surface area contributed by atoms with Crippen LogP contribution in [0.4, 0.5) is 5.82 Å². The monoisotopic (exact) mass is 337 g/mol. The highest BCUT2D eigenvalue weighted by Crippen LogP contribution is 2.13. The molecule has 3 aromatic heterocycles. The van der Waals surface area contributed by atoms with Crippen molar-refractivity contribution >= 4 is 5.82 Å². The Bertz CT molecular complexity index is 771. The van der Waals surface area contributed by atoms with Gasteiger partial charge < -0.3 is 10.2 Å². The van der Waals surface area contributed by atoms with Gasteiger partial charge in [-0.3, -0.25) is 9.55 Å². The third-order valence-corrected chi connectivity index (χ3v) is 3.83. The van der Waals surface area contributed by atoms with Crippen molar-refractivity contribution in [1.29, 1.82) is 0 Å². The number of imidazole rings is 1. The van der Waals surface area contributed by atoms with E-state index in [4.69, 9.17) is 0 Å². The number of hydrogen-bond acceptors (Lipinski definition) is 6. The topological polar surface area (TPSA) is 71.8 Å². The molecule has 130 valence electrons. The van der Waals surface area contributed by atoms with Gasteiger partial charge in [-0.2, -0.15) is 4.98 Å². The van der Waals surface area contributed by atoms with Crippen LogP contribution in [0.25, 0.3) is 5.95 Å². The summed E-state index contributed by atoms with van der Waals surface area (Å²) >= 11 is 0. The second kappa shape index (κ2) is 8.34. The second-order valence-corrected chi connectivity index (χ2v) is 5.91. The minimum Gasteiger partial charge on any atom is -0.359 e. The van der Waals surface area contributed by atoms with E-state index in [9.17, 15) is 0 Å². The van der Waals surface area contributed by atoms with E-state index < -0.39 is 0 Å². The summed E-state index contributed by atoms with van der Waals surface area (Å²) < 4.78 is 1.82. The van der Waals surface area contributed by atoms with E-state index in [1.54, 1.807) is 12.5 Å². The van der Waals surface area contributed by atoms with Crippen LogP contribution in [-0.2, 0) is 6.54 Å². The van der Waals surface area contributed by atoms with Gasteiger partial charge in [-0.1, -0.05) is 6.07 Å². The van der Waals surface area contributed by atoms with Crippen LogP contribution < -0.4 is 10.2 Å². The van der Waals surface area contributed by atoms with Crippen LogP contribution >= 0.6 is 0 Å². The van der Waals surface area contributed by atoms with Crippen molar-refractivity contribution in [3.63, 3.8) is 0 Å². The van der Waals surface area contributed by atoms with Crippen molar-refractivity contribution in [1.82, 2.24) is 29.8 Å². The fourth-order valence-electron chi connectivity index (χ4n) is 2.50. The summed E-state index contributed by atoms with van der Waals surface area (Å²) in [7, 11) is 2.05. The molecule has 0 spiro atoms. The maximum Gasteiger partial charge on any atom is 0.237 e. The first-order chi connectivity index (χ1) is 12.2. The van der Waals surface area contributed by atoms with Crippen LogP contribution in [-0.4, -0.2) is 44.6 Å². The number of pyridine rings is 1. The first-order valence-electron chi connectivity index (χ1n) is 8.38. The summed E-state index contributed by atoms with van der Waals surface area (Å²) in [6.07, 6.45) is 8.12. The van der Waals surface area contributed by atoms with Gasteiger partial charge in [0.2, 0.25) is 5.95 Å². The van der Waals surface area contributed by atoms with Gasteiger partial charge in [-0.05, 0) is 32.0 Å². The van der Waals surface area contributed by atoms with E-state index in [-0.39, 0.29) is 0 Å². The van der Waals surface area contributed by atoms with E-state index in [1.807, 2.05) is 48.1 Å². The lowest BCUT2D eigenvalue weighted by molar-refractivity contribution is 0.636. The van der Waals surface area contributed by atoms with Crippen molar-refractivity contribution < 1.29 is 0 Å². The van der Waals surface area contributed by atoms with Crippen LogP contribution in [0.5, 0.6) is 0 Å². The highest BCUT2D eigenvalue weighted by molar-refractivity contribution is 5.41. The lowest BCUT2D eigenvalue weighted by atomic mass is 10.3. The molecule has 0 saturated heterocycles. The Balaban J connectivity index is 1.50. The van der Waals surface area contributed by atoms with Crippen LogP contribution in [0, 0.1) is 6.92 Å². The third-order valence-electron chi connectivity index (χ3n) is 3.83. The van der Waals surface area contributed by atoms with Crippen molar-refractivity contribution in [2.24, 2.45) is 0 Å². The Morgan fingerprint density at radius 2 is 2.12 bits per heavy atom. The van der Waals surface area contributed by atoms with E-state index in [1.165, 1.54) is 0 Å². The molecule has 0 amide bonds. The molecular weight excluding hydrogens is 314 g/mol. The second-order valence-electron chi connectivity index (χ2n) is 5.91. The van der Waals surface area contributed by atoms with Crippen LogP contribution in [0.1, 0.15) is 17.8 Å². The van der Waals surface area contributed by atoms with Crippen molar-refractivity contribution in [3.05, 3.63) is 60.6 Å². The highest BCUT2D eigenvalue weighted by Gasteiger charge is 2.08. The standard InChI is InChI=1S/C18H23N7/c1-15-12-17(23-18(22-15)25-11-9-20-14-25)24(2)10-5-7-19-13-16-6-3-4-8-21-16/h3-4,6,8-9,11-12,14,19H,5,7,10,13H2,1-2H3. The summed E-state index contributed by atoms with van der Waals surface area (Å²) in [5.74, 6) is 1.56. The van der Waals surface area contributed by atoms with Gasteiger partial charge in [0.1, 0.15) is 12.1 Å². The zero-order chi connectivity index (χ0) is 17.5. The Hall–Kier alpha value is -2.80. The van der Waals surface area contributed by atoms with E-state index in [0.29, 0.717) is 5.95 Å². The molecule has 1 N–H and O–H groups in total. The van der Waals surface area contributed by atoms with Crippen LogP contribution in [0.2, 0.25) is 0 Å². The molecule has 0 aliphatic carbocycles. The SMILES string of the molecule is Cc1cc(N(C)CCCNCc2ccccn2)nc(-n2ccnc2)n1. The molecule has 0 radical (unpaired) electrons. The summed E-state index contributed by atoms with van der Waals surface area (Å²) in [5, 5.41) is 3.42. The Morgan fingerprint density at radius 1 is 1.20 bits per heavy atom. The predicted molar refractivity (Wildman–Crippen MR) is 97.7 cm³/mol. The van der Waals surface area contributed by atoms with Gasteiger partial charge in [-0.25, -0.2) is 9.97 Å². The van der Waals surface area contributed by atoms with Gasteiger partial charge in [0.25, 0.3) is 0 Å². The molecule has 0 aromatic carbocycles. The number of anilines is 1. The zero-order valence-electron chi connectivity index (χ0n) is 14.6. The average Bonchev–Trinajstić information content (AvgIpc) is 3.16. The maximum absolute atomic E-state index is 4.63. The number of nitrogens with zero attached hydrogens (tertiary/aromatic N) is 6. The first-order valence-corrected chi connectivity index (χ1v) is 8.38. The zero-order valence-corrected chi connectivity index (χ0v) is 14.6. The quantitative estimate of drug-likeness (QED) is 0.634. The molecule has 0 saturated carbocycles. The lowest BCUT2D eigenvalue weighted by Gasteiger charge is -2.19. The molecule has 0 aliphatic rings. The number of hydrogen-bond donors (Lipinski definition) is 1. The lowest BCUT2D eigenvalue weighted by Crippen LogP contribution is -2.25. The molecule has 3 heterocycles. The van der Waals surface area contributed by atoms with Crippen LogP contribution in [0.15, 0.2) is 49.2 Å². The van der Waals surface area contributed by atoms with Crippen LogP contribution in [0.3, 0.4) is 0 Å². The molecule has 3 aromatic rings. The molecular formula is C18H23N7. The normalized spacial score (nSPS) is 10.8. The molecule has 0 unspecified atom stereocenters. The Morgan fingerprint density at radius 3 is 2.88 bits per heavy atom. The fourth-order valence-corrected chi connectivity index (χ4v) is 2.50. The summed E-state index contributed by atoms with van der Waals surface area (Å²) in [6.45, 7) is 4.62. The largest absolute Gasteiger partial charge is 0.359 e. The minimum absolute atomic E-state index is 0.646. The molecule has 25 heavy (non-hydrogen) atoms. The Labute approximate surface area is 147 Å². The van der Waals surface area contributed by atoms with E-state index in [2.05, 4.69) is 37.2 Å². The smallest absolute Gasteiger partial charge is 0.237 e. The average molecular weight is 337 g/mol. The van der Waals surface area contributed by atoms with Gasteiger partial charge in [0, 0.05) is 50.5 Å². The number of rotatable bonds is 8. The van der Waals surface area contributed by atoms with Crippen molar-refractivity contribution in [2.45, 2.75) is 19.9 Å². The third kappa shape index (κ3) is 4.84. The first kappa shape index (κ1) is 17.0. The molecule has 7 nitrogen and oxygen atoms in total. The summed E-state index contributed by atoms with van der Waals surface area (Å²) in [5.41, 5.74) is 2.00. The molecule has 0 bridgehead atoms. The number of nitrogens with one attached hydrogen (secondary N) is 1. The fraction of sp³-hybridized carbons (Fsp3) is 0.333. The van der Waals surface area contributed by atoms with Gasteiger partial charge in [-0.15, -0.1) is 0 Å². The summed E-state index contributed by atoms with van der Waals surface area (Å²) in [4.78, 5) is 19.6. The van der Waals surface area contributed by atoms with E-state index in [0.717, 1.165) is 43.3 Å². The molecule has 7 heteroatoms. The Kier molecular flexibility index (Phi) is 5.69. The summed E-state index contributed by atoms with van der Waals surface area (Å²) in [6, 6.07) is 7.97. The highest BCUT2D eigenvalue weighted by atomic mass is 15.2.